The van der Waals surface area contributed by atoms with Crippen molar-refractivity contribution in [2.45, 2.75) is 122 Å². The first kappa shape index (κ1) is 42.0. The Morgan fingerprint density at radius 3 is 2.15 bits per heavy atom. The van der Waals surface area contributed by atoms with Crippen molar-refractivity contribution < 1.29 is 54.2 Å². The van der Waals surface area contributed by atoms with Crippen LogP contribution in [-0.2, 0) is 30.4 Å². The quantitative estimate of drug-likeness (QED) is 0.0578. The summed E-state index contributed by atoms with van der Waals surface area (Å²) in [5.41, 5.74) is -1.42. The third-order valence-corrected chi connectivity index (χ3v) is 7.88. The first-order valence-electron chi connectivity index (χ1n) is 16.6. The van der Waals surface area contributed by atoms with Gasteiger partial charge < -0.3 is 35.6 Å². The number of carbonyl (C=O) groups is 5. The van der Waals surface area contributed by atoms with E-state index in [4.69, 9.17) is 4.74 Å². The molecule has 0 aromatic heterocycles. The van der Waals surface area contributed by atoms with E-state index >= 15 is 0 Å². The minimum atomic E-state index is -3.04. The molecule has 268 valence electrons. The van der Waals surface area contributed by atoms with E-state index in [1.54, 1.807) is 24.3 Å². The summed E-state index contributed by atoms with van der Waals surface area (Å²) in [5, 5.41) is 52.1. The molecule has 12 heteroatoms. The second-order valence-corrected chi connectivity index (χ2v) is 12.3. The second kappa shape index (κ2) is 22.5. The Balaban J connectivity index is 2.85. The molecular formula is C36H53NO11. The van der Waals surface area contributed by atoms with Gasteiger partial charge in [-0.3, -0.25) is 14.4 Å². The molecule has 1 aromatic rings. The van der Waals surface area contributed by atoms with Crippen molar-refractivity contribution in [2.24, 2.45) is 5.92 Å². The zero-order valence-corrected chi connectivity index (χ0v) is 28.4. The normalized spacial score (nSPS) is 14.4. The van der Waals surface area contributed by atoms with Crippen LogP contribution < -0.4 is 10.1 Å². The zero-order chi connectivity index (χ0) is 36.1. The lowest BCUT2D eigenvalue weighted by Gasteiger charge is -2.29. The molecule has 6 N–H and O–H groups in total. The van der Waals surface area contributed by atoms with E-state index < -0.39 is 53.9 Å². The van der Waals surface area contributed by atoms with Crippen LogP contribution in [0.25, 0.3) is 0 Å². The minimum Gasteiger partial charge on any atom is -0.490 e. The Hall–Kier alpha value is -4.03. The van der Waals surface area contributed by atoms with E-state index in [0.717, 1.165) is 37.3 Å². The number of rotatable bonds is 26. The Morgan fingerprint density at radius 1 is 0.917 bits per heavy atom. The Morgan fingerprint density at radius 2 is 1.56 bits per heavy atom. The predicted octanol–water partition coefficient (Wildman–Crippen LogP) is 4.85. The van der Waals surface area contributed by atoms with Gasteiger partial charge in [-0.15, -0.1) is 0 Å². The third-order valence-electron chi connectivity index (χ3n) is 7.88. The highest BCUT2D eigenvalue weighted by atomic mass is 16.5. The van der Waals surface area contributed by atoms with Gasteiger partial charge in [-0.05, 0) is 63.3 Å². The molecule has 12 nitrogen and oxygen atoms in total. The molecule has 1 aromatic carbocycles. The Labute approximate surface area is 282 Å². The number of carbonyl (C=O) groups excluding carboxylic acids is 2. The number of aliphatic carboxylic acids is 3. The molecule has 0 heterocycles. The number of ketones is 1. The molecule has 0 bridgehead atoms. The van der Waals surface area contributed by atoms with E-state index in [1.807, 2.05) is 19.9 Å². The summed E-state index contributed by atoms with van der Waals surface area (Å²) in [7, 11) is 0. The number of hydrogen-bond acceptors (Lipinski definition) is 8. The maximum atomic E-state index is 13.3. The maximum absolute atomic E-state index is 13.3. The van der Waals surface area contributed by atoms with Crippen LogP contribution in [0.5, 0.6) is 5.75 Å². The van der Waals surface area contributed by atoms with Crippen LogP contribution in [0, 0.1) is 5.92 Å². The highest BCUT2D eigenvalue weighted by Crippen LogP contribution is 2.26. The number of nitrogens with one attached hydrogen (secondary N) is 1. The molecule has 0 aliphatic heterocycles. The number of ether oxygens (including phenoxy) is 1. The van der Waals surface area contributed by atoms with Crippen molar-refractivity contribution in [3.05, 3.63) is 53.6 Å². The van der Waals surface area contributed by atoms with Crippen molar-refractivity contribution in [3.63, 3.8) is 0 Å². The van der Waals surface area contributed by atoms with Gasteiger partial charge in [0.1, 0.15) is 24.5 Å². The number of aliphatic hydroxyl groups is 2. The number of aliphatic hydroxyl groups excluding tert-OH is 1. The first-order chi connectivity index (χ1) is 22.7. The van der Waals surface area contributed by atoms with Crippen molar-refractivity contribution in [2.75, 3.05) is 6.61 Å². The molecule has 0 fully saturated rings. The lowest BCUT2D eigenvalue weighted by molar-refractivity contribution is -0.172. The standard InChI is InChI=1S/C36H53NO11/c1-4-5-6-12-15-30(38)31(39)16-13-10-8-7-9-11-14-28(36(47,35(45)46)24-32(40)41)33(42)37-29(34(43)44)23-26-17-19-27(20-18-26)48-22-21-25(2)3/h11,14,17-21,28-30,38,47H,4-10,12-13,15-16,22-24H2,1-3H3,(H,37,42)(H,40,41)(H,43,44)(H,45,46)/b14-11+. The molecule has 48 heavy (non-hydrogen) atoms. The maximum Gasteiger partial charge on any atom is 0.337 e. The summed E-state index contributed by atoms with van der Waals surface area (Å²) in [5.74, 6) is -7.69. The SMILES string of the molecule is CCCCCCC(O)C(=O)CCCCCC/C=C/C(C(=O)NC(Cc1ccc(OCC=C(C)C)cc1)C(=O)O)C(O)(CC(=O)O)C(=O)O. The molecule has 0 radical (unpaired) electrons. The number of unbranched alkanes of at least 4 members (excludes halogenated alkanes) is 7. The Bertz CT molecular complexity index is 1240. The molecule has 4 unspecified atom stereocenters. The van der Waals surface area contributed by atoms with Gasteiger partial charge in [0.2, 0.25) is 5.91 Å². The Kier molecular flexibility index (Phi) is 19.7. The van der Waals surface area contributed by atoms with Crippen LogP contribution in [0.1, 0.15) is 103 Å². The summed E-state index contributed by atoms with van der Waals surface area (Å²) in [4.78, 5) is 61.0. The number of carboxylic acids is 3. The van der Waals surface area contributed by atoms with E-state index in [2.05, 4.69) is 12.2 Å². The zero-order valence-electron chi connectivity index (χ0n) is 28.4. The fraction of sp³-hybridized carbons (Fsp3) is 0.583. The molecule has 0 spiro atoms. The molecule has 1 amide bonds. The van der Waals surface area contributed by atoms with E-state index in [0.29, 0.717) is 56.4 Å². The summed E-state index contributed by atoms with van der Waals surface area (Å²) in [6, 6.07) is 5.04. The molecular weight excluding hydrogens is 622 g/mol. The number of carboxylic acid groups (broad SMARTS) is 3. The van der Waals surface area contributed by atoms with Gasteiger partial charge in [-0.1, -0.05) is 75.3 Å². The van der Waals surface area contributed by atoms with Crippen LogP contribution in [-0.4, -0.2) is 79.5 Å². The third kappa shape index (κ3) is 16.2. The van der Waals surface area contributed by atoms with Gasteiger partial charge >= 0.3 is 17.9 Å². The summed E-state index contributed by atoms with van der Waals surface area (Å²) in [6.45, 7) is 6.32. The monoisotopic (exact) mass is 675 g/mol. The van der Waals surface area contributed by atoms with Gasteiger partial charge in [-0.2, -0.15) is 0 Å². The van der Waals surface area contributed by atoms with Crippen molar-refractivity contribution in [3.8, 4) is 5.75 Å². The average molecular weight is 676 g/mol. The van der Waals surface area contributed by atoms with Gasteiger partial charge in [0, 0.05) is 12.8 Å². The molecule has 1 rings (SSSR count). The summed E-state index contributed by atoms with van der Waals surface area (Å²) >= 11 is 0. The lowest BCUT2D eigenvalue weighted by Crippen LogP contribution is -2.55. The van der Waals surface area contributed by atoms with Crippen molar-refractivity contribution in [1.82, 2.24) is 5.32 Å². The number of hydrogen-bond donors (Lipinski definition) is 6. The highest BCUT2D eigenvalue weighted by molar-refractivity contribution is 5.94. The second-order valence-electron chi connectivity index (χ2n) is 12.3. The fourth-order valence-corrected chi connectivity index (χ4v) is 4.98. The van der Waals surface area contributed by atoms with Gasteiger partial charge in [0.15, 0.2) is 11.4 Å². The fourth-order valence-electron chi connectivity index (χ4n) is 4.98. The van der Waals surface area contributed by atoms with Crippen LogP contribution in [0.2, 0.25) is 0 Å². The predicted molar refractivity (Wildman–Crippen MR) is 180 cm³/mol. The van der Waals surface area contributed by atoms with Crippen LogP contribution in [0.3, 0.4) is 0 Å². The summed E-state index contributed by atoms with van der Waals surface area (Å²) in [6.07, 6.45) is 9.66. The van der Waals surface area contributed by atoms with Crippen LogP contribution >= 0.6 is 0 Å². The average Bonchev–Trinajstić information content (AvgIpc) is 3.01. The number of allylic oxidation sites excluding steroid dienone is 2. The molecule has 4 atom stereocenters. The van der Waals surface area contributed by atoms with E-state index in [9.17, 15) is 49.5 Å². The van der Waals surface area contributed by atoms with Crippen molar-refractivity contribution >= 4 is 29.6 Å². The van der Waals surface area contributed by atoms with Gasteiger partial charge in [0.05, 0.1) is 12.3 Å². The smallest absolute Gasteiger partial charge is 0.337 e. The van der Waals surface area contributed by atoms with Crippen LogP contribution in [0.15, 0.2) is 48.1 Å². The molecule has 0 saturated carbocycles. The first-order valence-corrected chi connectivity index (χ1v) is 16.6. The molecule has 0 aliphatic rings. The van der Waals surface area contributed by atoms with Crippen molar-refractivity contribution in [1.29, 1.82) is 0 Å². The largest absolute Gasteiger partial charge is 0.490 e. The van der Waals surface area contributed by atoms with Gasteiger partial charge in [0.25, 0.3) is 0 Å². The van der Waals surface area contributed by atoms with Gasteiger partial charge in [-0.25, -0.2) is 9.59 Å². The number of amides is 1. The lowest BCUT2D eigenvalue weighted by atomic mass is 9.82. The van der Waals surface area contributed by atoms with E-state index in [1.165, 1.54) is 6.08 Å². The summed E-state index contributed by atoms with van der Waals surface area (Å²) < 4.78 is 5.60. The molecule has 0 aliphatic carbocycles. The van der Waals surface area contributed by atoms with Crippen LogP contribution in [0.4, 0.5) is 0 Å². The number of benzene rings is 1. The minimum absolute atomic E-state index is 0.172. The van der Waals surface area contributed by atoms with E-state index in [-0.39, 0.29) is 18.6 Å². The molecule has 0 saturated heterocycles. The number of Topliss-reactive ketones (excluding diaryl/α,β-unsaturated/α-hetero) is 1. The highest BCUT2D eigenvalue weighted by Gasteiger charge is 2.49. The topological polar surface area (TPSA) is 208 Å².